The van der Waals surface area contributed by atoms with Gasteiger partial charge in [0.2, 0.25) is 0 Å². The molecule has 4 nitrogen and oxygen atoms in total. The van der Waals surface area contributed by atoms with Crippen molar-refractivity contribution in [2.45, 2.75) is 12.5 Å². The Balaban J connectivity index is 2.15. The van der Waals surface area contributed by atoms with Crippen LogP contribution in [0, 0.1) is 16.7 Å². The fraction of sp³-hybridized carbons (Fsp3) is 0.333. The molecule has 0 aliphatic carbocycles. The number of rotatable bonds is 2. The Morgan fingerprint density at radius 3 is 3.00 bits per heavy atom. The molecule has 1 aliphatic rings. The number of aliphatic hydroxyl groups excluding tert-OH is 1. The minimum atomic E-state index is -0.902. The molecule has 0 saturated carbocycles. The predicted octanol–water partition coefficient (Wildman–Crippen LogP) is 2.96. The Labute approximate surface area is 125 Å². The number of hydrogen-bond acceptors (Lipinski definition) is 4. The van der Waals surface area contributed by atoms with Crippen molar-refractivity contribution >= 4 is 26.8 Å². The van der Waals surface area contributed by atoms with Crippen LogP contribution in [0.4, 0.5) is 0 Å². The summed E-state index contributed by atoms with van der Waals surface area (Å²) in [5.74, 6) is 0. The van der Waals surface area contributed by atoms with Crippen LogP contribution in [0.3, 0.4) is 0 Å². The first-order valence-corrected chi connectivity index (χ1v) is 7.17. The first kappa shape index (κ1) is 13.5. The Morgan fingerprint density at radius 1 is 1.45 bits per heavy atom. The molecule has 1 aliphatic heterocycles. The second-order valence-corrected chi connectivity index (χ2v) is 5.86. The van der Waals surface area contributed by atoms with Gasteiger partial charge in [0.25, 0.3) is 0 Å². The Hall–Kier alpha value is -1.48. The van der Waals surface area contributed by atoms with Gasteiger partial charge in [0.1, 0.15) is 11.5 Å². The third kappa shape index (κ3) is 2.01. The van der Waals surface area contributed by atoms with Crippen molar-refractivity contribution in [2.75, 3.05) is 13.2 Å². The monoisotopic (exact) mass is 332 g/mol. The van der Waals surface area contributed by atoms with Gasteiger partial charge in [-0.3, -0.25) is 4.98 Å². The standard InChI is InChI=1S/C15H13BrN2O2/c16-12-4-3-11(13-10(12)2-1-6-18-13)14(19)15(8-17)5-7-20-9-15/h1-4,6,14,19H,5,7,9H2. The Bertz CT molecular complexity index is 690. The molecule has 0 spiro atoms. The lowest BCUT2D eigenvalue weighted by molar-refractivity contribution is 0.0513. The molecular formula is C15H13BrN2O2. The summed E-state index contributed by atoms with van der Waals surface area (Å²) < 4.78 is 6.24. The van der Waals surface area contributed by atoms with E-state index in [2.05, 4.69) is 27.0 Å². The molecule has 20 heavy (non-hydrogen) atoms. The van der Waals surface area contributed by atoms with Gasteiger partial charge in [-0.2, -0.15) is 5.26 Å². The van der Waals surface area contributed by atoms with Crippen molar-refractivity contribution in [2.24, 2.45) is 5.41 Å². The maximum absolute atomic E-state index is 10.7. The van der Waals surface area contributed by atoms with Crippen LogP contribution < -0.4 is 0 Å². The van der Waals surface area contributed by atoms with Gasteiger partial charge in [0.15, 0.2) is 0 Å². The van der Waals surface area contributed by atoms with Gasteiger partial charge in [0, 0.05) is 28.2 Å². The average molecular weight is 333 g/mol. The highest BCUT2D eigenvalue weighted by Gasteiger charge is 2.43. The Kier molecular flexibility index (Phi) is 3.47. The minimum absolute atomic E-state index is 0.259. The van der Waals surface area contributed by atoms with Gasteiger partial charge in [0.05, 0.1) is 18.2 Å². The van der Waals surface area contributed by atoms with Crippen molar-refractivity contribution in [1.82, 2.24) is 4.98 Å². The molecular weight excluding hydrogens is 320 g/mol. The van der Waals surface area contributed by atoms with E-state index in [1.165, 1.54) is 0 Å². The SMILES string of the molecule is N#CC1(C(O)c2ccc(Br)c3cccnc23)CCOC1. The molecule has 2 atom stereocenters. The normalized spacial score (nSPS) is 23.6. The molecule has 2 unspecified atom stereocenters. The largest absolute Gasteiger partial charge is 0.387 e. The zero-order valence-electron chi connectivity index (χ0n) is 10.7. The zero-order valence-corrected chi connectivity index (χ0v) is 12.3. The summed E-state index contributed by atoms with van der Waals surface area (Å²) in [4.78, 5) is 4.36. The number of aromatic nitrogens is 1. The molecule has 0 radical (unpaired) electrons. The maximum Gasteiger partial charge on any atom is 0.113 e. The van der Waals surface area contributed by atoms with Crippen molar-refractivity contribution < 1.29 is 9.84 Å². The summed E-state index contributed by atoms with van der Waals surface area (Å²) in [6.45, 7) is 0.765. The molecule has 0 bridgehead atoms. The molecule has 1 aromatic heterocycles. The van der Waals surface area contributed by atoms with Crippen LogP contribution in [0.5, 0.6) is 0 Å². The highest BCUT2D eigenvalue weighted by Crippen LogP contribution is 2.42. The average Bonchev–Trinajstić information content (AvgIpc) is 2.97. The molecule has 5 heteroatoms. The third-order valence-electron chi connectivity index (χ3n) is 3.84. The molecule has 1 aromatic carbocycles. The van der Waals surface area contributed by atoms with Gasteiger partial charge in [-0.25, -0.2) is 0 Å². The molecule has 2 aromatic rings. The van der Waals surface area contributed by atoms with Crippen molar-refractivity contribution in [3.05, 3.63) is 40.5 Å². The lowest BCUT2D eigenvalue weighted by Crippen LogP contribution is -2.28. The number of pyridine rings is 1. The van der Waals surface area contributed by atoms with E-state index in [-0.39, 0.29) is 6.61 Å². The van der Waals surface area contributed by atoms with Crippen molar-refractivity contribution in [3.8, 4) is 6.07 Å². The van der Waals surface area contributed by atoms with Crippen molar-refractivity contribution in [3.63, 3.8) is 0 Å². The van der Waals surface area contributed by atoms with E-state index < -0.39 is 11.5 Å². The number of hydrogen-bond donors (Lipinski definition) is 1. The van der Waals surface area contributed by atoms with Crippen LogP contribution in [0.1, 0.15) is 18.1 Å². The van der Waals surface area contributed by atoms with E-state index in [9.17, 15) is 10.4 Å². The summed E-state index contributed by atoms with van der Waals surface area (Å²) >= 11 is 3.48. The van der Waals surface area contributed by atoms with E-state index in [1.54, 1.807) is 6.20 Å². The van der Waals surface area contributed by atoms with E-state index in [1.807, 2.05) is 24.3 Å². The summed E-state index contributed by atoms with van der Waals surface area (Å²) in [6.07, 6.45) is 1.32. The fourth-order valence-corrected chi connectivity index (χ4v) is 3.08. The smallest absolute Gasteiger partial charge is 0.113 e. The number of nitriles is 1. The van der Waals surface area contributed by atoms with Crippen LogP contribution in [-0.2, 0) is 4.74 Å². The molecule has 3 rings (SSSR count). The van der Waals surface area contributed by atoms with Crippen molar-refractivity contribution in [1.29, 1.82) is 5.26 Å². The zero-order chi connectivity index (χ0) is 14.2. The Morgan fingerprint density at radius 2 is 2.30 bits per heavy atom. The number of nitrogens with zero attached hydrogens (tertiary/aromatic N) is 2. The fourth-order valence-electron chi connectivity index (χ4n) is 2.62. The second kappa shape index (κ2) is 5.13. The topological polar surface area (TPSA) is 66.1 Å². The van der Waals surface area contributed by atoms with E-state index in [4.69, 9.17) is 4.74 Å². The highest BCUT2D eigenvalue weighted by molar-refractivity contribution is 9.10. The first-order valence-electron chi connectivity index (χ1n) is 6.38. The van der Waals surface area contributed by atoms with Gasteiger partial charge in [-0.15, -0.1) is 0 Å². The van der Waals surface area contributed by atoms with Gasteiger partial charge >= 0.3 is 0 Å². The predicted molar refractivity (Wildman–Crippen MR) is 77.9 cm³/mol. The van der Waals surface area contributed by atoms with E-state index in [0.29, 0.717) is 18.6 Å². The van der Waals surface area contributed by atoms with E-state index in [0.717, 1.165) is 15.4 Å². The lowest BCUT2D eigenvalue weighted by atomic mass is 9.79. The second-order valence-electron chi connectivity index (χ2n) is 5.01. The molecule has 102 valence electrons. The van der Waals surface area contributed by atoms with Crippen LogP contribution in [-0.4, -0.2) is 23.3 Å². The van der Waals surface area contributed by atoms with Gasteiger partial charge < -0.3 is 9.84 Å². The molecule has 1 fully saturated rings. The third-order valence-corrected chi connectivity index (χ3v) is 4.53. The quantitative estimate of drug-likeness (QED) is 0.918. The first-order chi connectivity index (χ1) is 9.68. The lowest BCUT2D eigenvalue weighted by Gasteiger charge is -2.26. The van der Waals surface area contributed by atoms with Crippen LogP contribution in [0.15, 0.2) is 34.9 Å². The molecule has 1 N–H and O–H groups in total. The number of benzene rings is 1. The number of fused-ring (bicyclic) bond motifs is 1. The van der Waals surface area contributed by atoms with Crippen LogP contribution in [0.25, 0.3) is 10.9 Å². The summed E-state index contributed by atoms with van der Waals surface area (Å²) in [5, 5.41) is 21.1. The molecule has 0 amide bonds. The highest BCUT2D eigenvalue weighted by atomic mass is 79.9. The van der Waals surface area contributed by atoms with E-state index >= 15 is 0 Å². The number of halogens is 1. The van der Waals surface area contributed by atoms with Gasteiger partial charge in [-0.1, -0.05) is 28.1 Å². The number of ether oxygens (including phenoxy) is 1. The summed E-state index contributed by atoms with van der Waals surface area (Å²) in [7, 11) is 0. The minimum Gasteiger partial charge on any atom is -0.387 e. The van der Waals surface area contributed by atoms with Crippen LogP contribution in [0.2, 0.25) is 0 Å². The summed E-state index contributed by atoms with van der Waals surface area (Å²) in [5.41, 5.74) is 0.518. The van der Waals surface area contributed by atoms with Gasteiger partial charge in [-0.05, 0) is 18.6 Å². The number of aliphatic hydroxyl groups is 1. The molecule has 1 saturated heterocycles. The summed E-state index contributed by atoms with van der Waals surface area (Å²) in [6, 6.07) is 9.73. The van der Waals surface area contributed by atoms with Crippen LogP contribution >= 0.6 is 15.9 Å². The maximum atomic E-state index is 10.7. The molecule has 2 heterocycles.